The van der Waals surface area contributed by atoms with Crippen molar-refractivity contribution < 1.29 is 9.59 Å². The summed E-state index contributed by atoms with van der Waals surface area (Å²) in [6, 6.07) is 37.2. The van der Waals surface area contributed by atoms with Crippen LogP contribution in [0.15, 0.2) is 121 Å². The molecule has 2 aliphatic carbocycles. The second-order valence-corrected chi connectivity index (χ2v) is 14.5. The Morgan fingerprint density at radius 2 is 1.35 bits per heavy atom. The minimum Gasteiger partial charge on any atom is -0.309 e. The maximum atomic E-state index is 13.1. The molecule has 220 valence electrons. The number of pyridine rings is 1. The van der Waals surface area contributed by atoms with E-state index in [2.05, 4.69) is 97.6 Å². The van der Waals surface area contributed by atoms with Gasteiger partial charge in [-0.3, -0.25) is 14.6 Å². The highest BCUT2D eigenvalue weighted by atomic mass is 32.1. The number of hydrogen-bond acceptors (Lipinski definition) is 6. The molecule has 2 aliphatic rings. The van der Waals surface area contributed by atoms with E-state index in [4.69, 9.17) is 4.98 Å². The zero-order chi connectivity index (χ0) is 31.2. The fourth-order valence-corrected chi connectivity index (χ4v) is 9.28. The number of rotatable bonds is 4. The lowest BCUT2D eigenvalue weighted by Crippen LogP contribution is -2.17. The van der Waals surface area contributed by atoms with Gasteiger partial charge in [0.25, 0.3) is 0 Å². The van der Waals surface area contributed by atoms with Crippen LogP contribution in [-0.2, 0) is 5.41 Å². The summed E-state index contributed by atoms with van der Waals surface area (Å²) in [6.07, 6.45) is 3.73. The number of aromatic nitrogens is 1. The van der Waals surface area contributed by atoms with E-state index in [-0.39, 0.29) is 22.6 Å². The third-order valence-electron chi connectivity index (χ3n) is 9.27. The predicted molar refractivity (Wildman–Crippen MR) is 190 cm³/mol. The molecule has 4 nitrogen and oxygen atoms in total. The quantitative estimate of drug-likeness (QED) is 0.143. The lowest BCUT2D eigenvalue weighted by Gasteiger charge is -2.27. The van der Waals surface area contributed by atoms with Gasteiger partial charge in [0.05, 0.1) is 28.0 Å². The maximum Gasteiger partial charge on any atom is 0.197 e. The molecular weight excluding hydrogens is 605 g/mol. The van der Waals surface area contributed by atoms with Gasteiger partial charge in [-0.25, -0.2) is 0 Å². The van der Waals surface area contributed by atoms with Crippen LogP contribution in [0.25, 0.3) is 36.8 Å². The number of ketones is 2. The van der Waals surface area contributed by atoms with Gasteiger partial charge in [-0.1, -0.05) is 74.5 Å². The number of anilines is 3. The molecule has 0 saturated heterocycles. The Labute approximate surface area is 273 Å². The first-order chi connectivity index (χ1) is 22.4. The van der Waals surface area contributed by atoms with Crippen LogP contribution in [0, 0.1) is 0 Å². The van der Waals surface area contributed by atoms with Crippen LogP contribution in [0.5, 0.6) is 0 Å². The van der Waals surface area contributed by atoms with E-state index >= 15 is 0 Å². The lowest BCUT2D eigenvalue weighted by atomic mass is 9.83. The van der Waals surface area contributed by atoms with Gasteiger partial charge in [0.2, 0.25) is 0 Å². The molecule has 6 heteroatoms. The summed E-state index contributed by atoms with van der Waals surface area (Å²) in [5, 5.41) is 2.52. The molecular formula is C40H26N2O2S2. The van der Waals surface area contributed by atoms with Crippen molar-refractivity contribution in [1.29, 1.82) is 0 Å². The number of fused-ring (bicyclic) bond motifs is 7. The van der Waals surface area contributed by atoms with Crippen molar-refractivity contribution in [2.24, 2.45) is 0 Å². The summed E-state index contributed by atoms with van der Waals surface area (Å²) in [5.41, 5.74) is 7.30. The van der Waals surface area contributed by atoms with Crippen molar-refractivity contribution in [2.45, 2.75) is 19.3 Å². The molecule has 0 aliphatic heterocycles. The maximum absolute atomic E-state index is 13.1. The van der Waals surface area contributed by atoms with Gasteiger partial charge in [-0.2, -0.15) is 0 Å². The largest absolute Gasteiger partial charge is 0.309 e. The van der Waals surface area contributed by atoms with Crippen LogP contribution < -0.4 is 4.90 Å². The second kappa shape index (κ2) is 9.91. The molecule has 4 aromatic carbocycles. The molecule has 9 rings (SSSR count). The smallest absolute Gasteiger partial charge is 0.197 e. The van der Waals surface area contributed by atoms with Crippen molar-refractivity contribution in [3.63, 3.8) is 0 Å². The third kappa shape index (κ3) is 3.94. The average molecular weight is 631 g/mol. The van der Waals surface area contributed by atoms with E-state index in [0.29, 0.717) is 11.1 Å². The van der Waals surface area contributed by atoms with E-state index in [1.807, 2.05) is 23.6 Å². The molecule has 0 amide bonds. The van der Waals surface area contributed by atoms with Crippen LogP contribution in [0.2, 0.25) is 0 Å². The Balaban J connectivity index is 1.14. The van der Waals surface area contributed by atoms with Gasteiger partial charge in [0.15, 0.2) is 11.6 Å². The molecule has 0 saturated carbocycles. The van der Waals surface area contributed by atoms with E-state index in [1.165, 1.54) is 20.2 Å². The molecule has 0 spiro atoms. The van der Waals surface area contributed by atoms with Gasteiger partial charge in [0.1, 0.15) is 0 Å². The minimum atomic E-state index is -0.316. The summed E-state index contributed by atoms with van der Waals surface area (Å²) in [7, 11) is 0. The Bertz CT molecular complexity index is 2410. The number of nitrogens with zero attached hydrogens (tertiary/aromatic N) is 2. The first kappa shape index (κ1) is 27.2. The monoisotopic (exact) mass is 630 g/mol. The van der Waals surface area contributed by atoms with Crippen LogP contribution in [0.3, 0.4) is 0 Å². The molecule has 0 fully saturated rings. The molecule has 7 aromatic rings. The van der Waals surface area contributed by atoms with Gasteiger partial charge < -0.3 is 4.90 Å². The number of para-hydroxylation sites is 1. The first-order valence-electron chi connectivity index (χ1n) is 15.2. The molecule has 0 unspecified atom stereocenters. The fourth-order valence-electron chi connectivity index (χ4n) is 6.92. The number of thiophene rings is 2. The molecule has 46 heavy (non-hydrogen) atoms. The fraction of sp³-hybridized carbons (Fsp3) is 0.0750. The molecule has 0 atom stereocenters. The van der Waals surface area contributed by atoms with E-state index in [9.17, 15) is 9.59 Å². The number of hydrogen-bond donors (Lipinski definition) is 0. The highest BCUT2D eigenvalue weighted by molar-refractivity contribution is 7.25. The van der Waals surface area contributed by atoms with Gasteiger partial charge in [-0.05, 0) is 65.7 Å². The first-order valence-corrected chi connectivity index (χ1v) is 16.8. The molecule has 0 radical (unpaired) electrons. The summed E-state index contributed by atoms with van der Waals surface area (Å²) >= 11 is 3.41. The number of carbonyl (C=O) groups excluding carboxylic acids is 2. The third-order valence-corrected chi connectivity index (χ3v) is 11.5. The molecule has 3 aromatic heterocycles. The average Bonchev–Trinajstić information content (AvgIpc) is 3.79. The van der Waals surface area contributed by atoms with Gasteiger partial charge in [-0.15, -0.1) is 22.7 Å². The van der Waals surface area contributed by atoms with Crippen LogP contribution >= 0.6 is 22.7 Å². The minimum absolute atomic E-state index is 0.203. The van der Waals surface area contributed by atoms with Crippen molar-refractivity contribution in [1.82, 2.24) is 4.98 Å². The van der Waals surface area contributed by atoms with E-state index in [1.54, 1.807) is 41.7 Å². The van der Waals surface area contributed by atoms with Crippen LogP contribution in [0.1, 0.15) is 50.6 Å². The van der Waals surface area contributed by atoms with Crippen molar-refractivity contribution in [3.05, 3.63) is 148 Å². The highest BCUT2D eigenvalue weighted by Crippen LogP contribution is 2.53. The van der Waals surface area contributed by atoms with Gasteiger partial charge in [0, 0.05) is 53.0 Å². The number of carbonyl (C=O) groups is 2. The normalized spacial score (nSPS) is 14.5. The second-order valence-electron chi connectivity index (χ2n) is 12.3. The number of allylic oxidation sites excluding steroid dienone is 1. The predicted octanol–water partition coefficient (Wildman–Crippen LogP) is 10.7. The van der Waals surface area contributed by atoms with Gasteiger partial charge >= 0.3 is 0 Å². The van der Waals surface area contributed by atoms with Crippen LogP contribution in [0.4, 0.5) is 17.1 Å². The molecule has 0 N–H and O–H groups in total. The van der Waals surface area contributed by atoms with E-state index in [0.717, 1.165) is 43.6 Å². The van der Waals surface area contributed by atoms with E-state index < -0.39 is 0 Å². The summed E-state index contributed by atoms with van der Waals surface area (Å²) in [6.45, 7) is 4.45. The Morgan fingerprint density at radius 3 is 2.13 bits per heavy atom. The zero-order valence-electron chi connectivity index (χ0n) is 25.1. The Kier molecular flexibility index (Phi) is 5.85. The standard InChI is InChI=1S/C40H26N2O2S2/c1-40(2)32-19-25(42(23-10-4-3-5-11-23)24-16-17-35-30(18-24)27-12-8-9-15-34(27)46-35)22-41-36(32)39-33(40)21-26(45-39)20-31-37(43)28-13-6-7-14-29(28)38(31)44/h3-22H,1-2H3. The number of benzene rings is 4. The molecule has 0 bridgehead atoms. The van der Waals surface area contributed by atoms with Crippen molar-refractivity contribution >= 4 is 77.6 Å². The topological polar surface area (TPSA) is 50.3 Å². The summed E-state index contributed by atoms with van der Waals surface area (Å²) in [4.78, 5) is 35.5. The Morgan fingerprint density at radius 1 is 0.652 bits per heavy atom. The van der Waals surface area contributed by atoms with Crippen molar-refractivity contribution in [2.75, 3.05) is 4.90 Å². The summed E-state index contributed by atoms with van der Waals surface area (Å²) in [5.74, 6) is -0.405. The van der Waals surface area contributed by atoms with Crippen LogP contribution in [-0.4, -0.2) is 16.6 Å². The lowest BCUT2D eigenvalue weighted by molar-refractivity contribution is 0.0990. The SMILES string of the molecule is CC1(C)c2cc(N(c3ccccc3)c3ccc4sc5ccccc5c4c3)cnc2-c2sc(C=C3C(=O)c4ccccc4C3=O)cc21. The molecule has 3 heterocycles. The van der Waals surface area contributed by atoms with Crippen molar-refractivity contribution in [3.8, 4) is 10.6 Å². The highest BCUT2D eigenvalue weighted by Gasteiger charge is 2.40. The Hall–Kier alpha value is -5.17. The number of Topliss-reactive ketones (excluding diaryl/α,β-unsaturated/α-hetero) is 2. The zero-order valence-corrected chi connectivity index (χ0v) is 26.7. The summed E-state index contributed by atoms with van der Waals surface area (Å²) < 4.78 is 2.56.